The molecule has 1 fully saturated rings. The fourth-order valence-corrected chi connectivity index (χ4v) is 2.07. The minimum atomic E-state index is -0.476. The van der Waals surface area contributed by atoms with Crippen LogP contribution in [0.3, 0.4) is 0 Å². The number of nitrogens with zero attached hydrogens (tertiary/aromatic N) is 1. The quantitative estimate of drug-likeness (QED) is 0.765. The lowest BCUT2D eigenvalue weighted by atomic mass is 10.0. The first-order valence-corrected chi connectivity index (χ1v) is 6.48. The maximum absolute atomic E-state index is 13.4. The molecule has 0 aromatic heterocycles. The SMILES string of the molecule is CC[C@@]1(C)CN(c2ccc(I)c(F)c2)C(=O)O1. The first-order valence-electron chi connectivity index (χ1n) is 5.41. The third-order valence-corrected chi connectivity index (χ3v) is 3.88. The number of cyclic esters (lactones) is 1. The van der Waals surface area contributed by atoms with Crippen molar-refractivity contribution in [2.75, 3.05) is 11.4 Å². The average Bonchev–Trinajstić information content (AvgIpc) is 2.59. The summed E-state index contributed by atoms with van der Waals surface area (Å²) in [5, 5.41) is 0. The van der Waals surface area contributed by atoms with Crippen LogP contribution < -0.4 is 4.90 Å². The predicted octanol–water partition coefficient (Wildman–Crippen LogP) is 3.56. The topological polar surface area (TPSA) is 29.5 Å². The number of rotatable bonds is 2. The van der Waals surface area contributed by atoms with Crippen molar-refractivity contribution >= 4 is 34.4 Å². The van der Waals surface area contributed by atoms with E-state index in [1.807, 2.05) is 36.4 Å². The van der Waals surface area contributed by atoms with Crippen molar-refractivity contribution in [2.45, 2.75) is 25.9 Å². The Kier molecular flexibility index (Phi) is 3.29. The third-order valence-electron chi connectivity index (χ3n) is 3.01. The van der Waals surface area contributed by atoms with Crippen LogP contribution in [0.2, 0.25) is 0 Å². The fraction of sp³-hybridized carbons (Fsp3) is 0.417. The van der Waals surface area contributed by atoms with Crippen LogP contribution in [-0.4, -0.2) is 18.2 Å². The summed E-state index contributed by atoms with van der Waals surface area (Å²) in [6, 6.07) is 4.75. The molecule has 3 nitrogen and oxygen atoms in total. The van der Waals surface area contributed by atoms with Gasteiger partial charge in [-0.1, -0.05) is 6.92 Å². The normalized spacial score (nSPS) is 24.0. The molecule has 0 saturated carbocycles. The van der Waals surface area contributed by atoms with Gasteiger partial charge in [-0.25, -0.2) is 9.18 Å². The monoisotopic (exact) mass is 349 g/mol. The second kappa shape index (κ2) is 4.44. The van der Waals surface area contributed by atoms with Gasteiger partial charge in [0.05, 0.1) is 12.2 Å². The highest BCUT2D eigenvalue weighted by Gasteiger charge is 2.40. The average molecular weight is 349 g/mol. The van der Waals surface area contributed by atoms with E-state index in [0.29, 0.717) is 15.8 Å². The number of hydrogen-bond donors (Lipinski definition) is 0. The van der Waals surface area contributed by atoms with Crippen molar-refractivity contribution in [1.82, 2.24) is 0 Å². The molecule has 1 aromatic carbocycles. The van der Waals surface area contributed by atoms with E-state index in [1.165, 1.54) is 11.0 Å². The molecule has 0 aliphatic carbocycles. The Morgan fingerprint density at radius 3 is 2.82 bits per heavy atom. The summed E-state index contributed by atoms with van der Waals surface area (Å²) in [6.45, 7) is 4.31. The lowest BCUT2D eigenvalue weighted by Crippen LogP contribution is -2.30. The first kappa shape index (κ1) is 12.6. The Hall–Kier alpha value is -0.850. The van der Waals surface area contributed by atoms with Crippen LogP contribution in [-0.2, 0) is 4.74 Å². The molecule has 5 heteroatoms. The van der Waals surface area contributed by atoms with Gasteiger partial charge in [0, 0.05) is 3.57 Å². The van der Waals surface area contributed by atoms with E-state index in [9.17, 15) is 9.18 Å². The van der Waals surface area contributed by atoms with Gasteiger partial charge in [0.2, 0.25) is 0 Å². The van der Waals surface area contributed by atoms with Crippen LogP contribution >= 0.6 is 22.6 Å². The number of carbonyl (C=O) groups excluding carboxylic acids is 1. The predicted molar refractivity (Wildman–Crippen MR) is 71.6 cm³/mol. The van der Waals surface area contributed by atoms with E-state index < -0.39 is 11.7 Å². The summed E-state index contributed by atoms with van der Waals surface area (Å²) in [5.74, 6) is -0.319. The van der Waals surface area contributed by atoms with Crippen molar-refractivity contribution in [1.29, 1.82) is 0 Å². The van der Waals surface area contributed by atoms with E-state index in [1.54, 1.807) is 12.1 Å². The van der Waals surface area contributed by atoms with Crippen LogP contribution in [0.5, 0.6) is 0 Å². The molecule has 0 bridgehead atoms. The standard InChI is InChI=1S/C12H13FINO2/c1-3-12(2)7-15(11(16)17-12)8-4-5-10(14)9(13)6-8/h4-6H,3,7H2,1-2H3/t12-/m0/s1. The molecule has 17 heavy (non-hydrogen) atoms. The zero-order valence-electron chi connectivity index (χ0n) is 9.67. The van der Waals surface area contributed by atoms with Crippen LogP contribution in [0.1, 0.15) is 20.3 Å². The molecular weight excluding hydrogens is 336 g/mol. The molecule has 1 aromatic rings. The molecule has 2 rings (SSSR count). The highest BCUT2D eigenvalue weighted by Crippen LogP contribution is 2.30. The Morgan fingerprint density at radius 1 is 1.59 bits per heavy atom. The molecule has 0 spiro atoms. The molecule has 1 heterocycles. The fourth-order valence-electron chi connectivity index (χ4n) is 1.73. The molecular formula is C12H13FINO2. The van der Waals surface area contributed by atoms with Crippen molar-refractivity contribution in [2.24, 2.45) is 0 Å². The summed E-state index contributed by atoms with van der Waals surface area (Å²) in [6.07, 6.45) is 0.331. The second-order valence-corrected chi connectivity index (χ2v) is 5.52. The van der Waals surface area contributed by atoms with Crippen molar-refractivity contribution in [3.05, 3.63) is 27.6 Å². The zero-order chi connectivity index (χ0) is 12.6. The van der Waals surface area contributed by atoms with E-state index in [2.05, 4.69) is 0 Å². The summed E-state index contributed by atoms with van der Waals surface area (Å²) in [5.41, 5.74) is 0.0707. The number of hydrogen-bond acceptors (Lipinski definition) is 2. The van der Waals surface area contributed by atoms with Gasteiger partial charge in [0.25, 0.3) is 0 Å². The number of carbonyl (C=O) groups is 1. The Morgan fingerprint density at radius 2 is 2.29 bits per heavy atom. The van der Waals surface area contributed by atoms with E-state index in [4.69, 9.17) is 4.74 Å². The molecule has 92 valence electrons. The maximum Gasteiger partial charge on any atom is 0.415 e. The van der Waals surface area contributed by atoms with Gasteiger partial charge >= 0.3 is 6.09 Å². The minimum Gasteiger partial charge on any atom is -0.441 e. The van der Waals surface area contributed by atoms with Gasteiger partial charge in [0.1, 0.15) is 11.4 Å². The summed E-state index contributed by atoms with van der Waals surface area (Å²) >= 11 is 1.91. The van der Waals surface area contributed by atoms with Gasteiger partial charge in [-0.2, -0.15) is 0 Å². The lowest BCUT2D eigenvalue weighted by molar-refractivity contribution is 0.0692. The van der Waals surface area contributed by atoms with Crippen LogP contribution in [0, 0.1) is 9.39 Å². The van der Waals surface area contributed by atoms with Crippen LogP contribution in [0.15, 0.2) is 18.2 Å². The summed E-state index contributed by atoms with van der Waals surface area (Å²) in [4.78, 5) is 13.2. The van der Waals surface area contributed by atoms with Crippen LogP contribution in [0.4, 0.5) is 14.9 Å². The van der Waals surface area contributed by atoms with Gasteiger partial charge in [-0.15, -0.1) is 0 Å². The third kappa shape index (κ3) is 2.38. The highest BCUT2D eigenvalue weighted by atomic mass is 127. The number of anilines is 1. The van der Waals surface area contributed by atoms with Gasteiger partial charge < -0.3 is 4.74 Å². The zero-order valence-corrected chi connectivity index (χ0v) is 11.8. The molecule has 1 saturated heterocycles. The van der Waals surface area contributed by atoms with Gasteiger partial charge in [-0.3, -0.25) is 4.90 Å². The molecule has 1 amide bonds. The second-order valence-electron chi connectivity index (χ2n) is 4.36. The van der Waals surface area contributed by atoms with E-state index in [-0.39, 0.29) is 5.82 Å². The Bertz CT molecular complexity index is 466. The number of amides is 1. The molecule has 1 aliphatic rings. The summed E-state index contributed by atoms with van der Waals surface area (Å²) < 4.78 is 19.3. The molecule has 1 aliphatic heterocycles. The largest absolute Gasteiger partial charge is 0.441 e. The minimum absolute atomic E-state index is 0.319. The lowest BCUT2D eigenvalue weighted by Gasteiger charge is -2.19. The van der Waals surface area contributed by atoms with Crippen LogP contribution in [0.25, 0.3) is 0 Å². The molecule has 0 unspecified atom stereocenters. The van der Waals surface area contributed by atoms with Gasteiger partial charge in [0.15, 0.2) is 0 Å². The Balaban J connectivity index is 2.29. The number of ether oxygens (including phenoxy) is 1. The smallest absolute Gasteiger partial charge is 0.415 e. The van der Waals surface area contributed by atoms with Crippen molar-refractivity contribution in [3.8, 4) is 0 Å². The first-order chi connectivity index (χ1) is 7.95. The Labute approximate surface area is 113 Å². The van der Waals surface area contributed by atoms with Crippen molar-refractivity contribution < 1.29 is 13.9 Å². The van der Waals surface area contributed by atoms with Gasteiger partial charge in [-0.05, 0) is 54.1 Å². The van der Waals surface area contributed by atoms with Crippen molar-refractivity contribution in [3.63, 3.8) is 0 Å². The number of benzene rings is 1. The maximum atomic E-state index is 13.4. The molecule has 1 atom stereocenters. The summed E-state index contributed by atoms with van der Waals surface area (Å²) in [7, 11) is 0. The number of halogens is 2. The highest BCUT2D eigenvalue weighted by molar-refractivity contribution is 14.1. The van der Waals surface area contributed by atoms with E-state index in [0.717, 1.165) is 6.42 Å². The molecule has 0 radical (unpaired) electrons. The van der Waals surface area contributed by atoms with E-state index >= 15 is 0 Å². The molecule has 0 N–H and O–H groups in total.